The van der Waals surface area contributed by atoms with Crippen molar-refractivity contribution >= 4 is 5.69 Å². The van der Waals surface area contributed by atoms with Crippen LogP contribution in [0.5, 0.6) is 0 Å². The molecule has 28 heavy (non-hydrogen) atoms. The highest BCUT2D eigenvalue weighted by molar-refractivity contribution is 5.30. The van der Waals surface area contributed by atoms with E-state index in [4.69, 9.17) is 15.7 Å². The first-order chi connectivity index (χ1) is 13.6. The molecular weight excluding hydrogens is 348 g/mol. The number of likely N-dealkylation sites (tertiary alicyclic amines) is 1. The largest absolute Gasteiger partial charge is 0.396 e. The molecule has 0 bridgehead atoms. The molecule has 1 saturated heterocycles. The summed E-state index contributed by atoms with van der Waals surface area (Å²) in [5.41, 5.74) is 11.4. The lowest BCUT2D eigenvalue weighted by Gasteiger charge is -2.42. The zero-order valence-corrected chi connectivity index (χ0v) is 16.6. The van der Waals surface area contributed by atoms with Gasteiger partial charge in [-0.15, -0.1) is 0 Å². The van der Waals surface area contributed by atoms with Crippen molar-refractivity contribution < 1.29 is 0 Å². The van der Waals surface area contributed by atoms with Gasteiger partial charge in [0.2, 0.25) is 0 Å². The van der Waals surface area contributed by atoms with E-state index in [1.54, 1.807) is 6.20 Å². The van der Waals surface area contributed by atoms with Gasteiger partial charge in [-0.25, -0.2) is 0 Å². The van der Waals surface area contributed by atoms with Gasteiger partial charge >= 0.3 is 0 Å². The van der Waals surface area contributed by atoms with Crippen molar-refractivity contribution in [2.24, 2.45) is 0 Å². The molecule has 1 aliphatic rings. The van der Waals surface area contributed by atoms with Crippen LogP contribution >= 0.6 is 0 Å². The zero-order chi connectivity index (χ0) is 19.5. The Bertz CT molecular complexity index is 881. The molecule has 0 aromatic carbocycles. The average molecular weight is 377 g/mol. The van der Waals surface area contributed by atoms with Crippen LogP contribution in [0.15, 0.2) is 49.1 Å². The minimum Gasteiger partial charge on any atom is -0.396 e. The molecule has 2 unspecified atom stereocenters. The molecule has 0 aliphatic carbocycles. The van der Waals surface area contributed by atoms with Crippen molar-refractivity contribution in [1.82, 2.24) is 24.6 Å². The summed E-state index contributed by atoms with van der Waals surface area (Å²) < 4.78 is 1.93. The Morgan fingerprint density at radius 1 is 0.964 bits per heavy atom. The van der Waals surface area contributed by atoms with E-state index in [9.17, 15) is 0 Å². The molecule has 1 fully saturated rings. The van der Waals surface area contributed by atoms with Gasteiger partial charge in [0.1, 0.15) is 0 Å². The van der Waals surface area contributed by atoms with Crippen LogP contribution in [0, 0.1) is 13.8 Å². The Morgan fingerprint density at radius 2 is 1.57 bits per heavy atom. The van der Waals surface area contributed by atoms with Crippen LogP contribution in [0.1, 0.15) is 53.9 Å². The Balaban J connectivity index is 1.68. The van der Waals surface area contributed by atoms with E-state index in [0.29, 0.717) is 5.69 Å². The van der Waals surface area contributed by atoms with Crippen LogP contribution in [0.2, 0.25) is 0 Å². The van der Waals surface area contributed by atoms with Gasteiger partial charge in [-0.1, -0.05) is 12.1 Å². The quantitative estimate of drug-likeness (QED) is 0.732. The minimum absolute atomic E-state index is 0.286. The molecule has 0 radical (unpaired) electrons. The van der Waals surface area contributed by atoms with Crippen molar-refractivity contribution in [3.05, 3.63) is 71.6 Å². The van der Waals surface area contributed by atoms with Crippen molar-refractivity contribution in [3.8, 4) is 0 Å². The average Bonchev–Trinajstić information content (AvgIpc) is 3.12. The number of anilines is 1. The third-order valence-corrected chi connectivity index (χ3v) is 5.73. The predicted molar refractivity (Wildman–Crippen MR) is 111 cm³/mol. The van der Waals surface area contributed by atoms with Gasteiger partial charge in [0.05, 0.1) is 41.9 Å². The summed E-state index contributed by atoms with van der Waals surface area (Å²) in [7, 11) is 0. The van der Waals surface area contributed by atoms with Crippen molar-refractivity contribution in [1.29, 1.82) is 0 Å². The minimum atomic E-state index is 0.286. The number of aromatic nitrogens is 4. The predicted octanol–water partition coefficient (Wildman–Crippen LogP) is 3.84. The molecule has 3 aromatic rings. The van der Waals surface area contributed by atoms with Crippen LogP contribution in [-0.4, -0.2) is 31.2 Å². The lowest BCUT2D eigenvalue weighted by molar-refractivity contribution is 0.0711. The van der Waals surface area contributed by atoms with E-state index in [2.05, 4.69) is 36.0 Å². The van der Waals surface area contributed by atoms with Crippen LogP contribution in [0.3, 0.4) is 0 Å². The molecule has 0 amide bonds. The summed E-state index contributed by atoms with van der Waals surface area (Å²) >= 11 is 0. The molecule has 4 heterocycles. The van der Waals surface area contributed by atoms with Gasteiger partial charge in [-0.05, 0) is 56.4 Å². The number of rotatable bonds is 5. The Kier molecular flexibility index (Phi) is 5.39. The monoisotopic (exact) mass is 376 g/mol. The fourth-order valence-corrected chi connectivity index (χ4v) is 4.37. The van der Waals surface area contributed by atoms with Crippen LogP contribution in [0.4, 0.5) is 5.69 Å². The fraction of sp³-hybridized carbons (Fsp3) is 0.409. The standard InChI is InChI=1S/C22H28N6/c1-16-6-4-10-24-21(16)19-8-3-9-20(22-17(2)7-5-11-25-22)28(19)13-12-27-15-18(23)14-26-27/h4-7,10-11,14-15,19-20H,3,8-9,12-13,23H2,1-2H3. The lowest BCUT2D eigenvalue weighted by atomic mass is 9.89. The number of hydrogen-bond acceptors (Lipinski definition) is 5. The molecule has 2 atom stereocenters. The summed E-state index contributed by atoms with van der Waals surface area (Å²) in [5, 5.41) is 4.36. The summed E-state index contributed by atoms with van der Waals surface area (Å²) in [6.45, 7) is 5.99. The molecule has 6 nitrogen and oxygen atoms in total. The van der Waals surface area contributed by atoms with Gasteiger partial charge in [0.15, 0.2) is 0 Å². The van der Waals surface area contributed by atoms with Gasteiger partial charge < -0.3 is 5.73 Å². The second kappa shape index (κ2) is 8.10. The molecule has 146 valence electrons. The topological polar surface area (TPSA) is 72.9 Å². The second-order valence-electron chi connectivity index (χ2n) is 7.65. The number of piperidine rings is 1. The normalized spacial score (nSPS) is 20.4. The fourth-order valence-electron chi connectivity index (χ4n) is 4.37. The number of hydrogen-bond donors (Lipinski definition) is 1. The maximum Gasteiger partial charge on any atom is 0.0719 e. The van der Waals surface area contributed by atoms with E-state index in [1.807, 2.05) is 35.4 Å². The van der Waals surface area contributed by atoms with Gasteiger partial charge in [0, 0.05) is 25.1 Å². The highest BCUT2D eigenvalue weighted by Crippen LogP contribution is 2.41. The van der Waals surface area contributed by atoms with Gasteiger partial charge in [-0.3, -0.25) is 19.5 Å². The van der Waals surface area contributed by atoms with E-state index >= 15 is 0 Å². The van der Waals surface area contributed by atoms with Gasteiger partial charge in [-0.2, -0.15) is 5.10 Å². The van der Waals surface area contributed by atoms with Crippen LogP contribution < -0.4 is 5.73 Å². The number of nitrogens with zero attached hydrogens (tertiary/aromatic N) is 5. The maximum absolute atomic E-state index is 5.85. The van der Waals surface area contributed by atoms with E-state index in [-0.39, 0.29) is 12.1 Å². The number of nitrogen functional groups attached to an aromatic ring is 1. The van der Waals surface area contributed by atoms with E-state index in [0.717, 1.165) is 25.9 Å². The molecule has 6 heteroatoms. The number of nitrogens with two attached hydrogens (primary N) is 1. The summed E-state index contributed by atoms with van der Waals surface area (Å²) in [6.07, 6.45) is 10.8. The SMILES string of the molecule is Cc1cccnc1C1CCCC(c2ncccc2C)N1CCn1cc(N)cn1. The van der Waals surface area contributed by atoms with Crippen LogP contribution in [-0.2, 0) is 6.54 Å². The first-order valence-electron chi connectivity index (χ1n) is 10.00. The molecule has 1 aliphatic heterocycles. The number of aryl methyl sites for hydroxylation is 2. The summed E-state index contributed by atoms with van der Waals surface area (Å²) in [5.74, 6) is 0. The third-order valence-electron chi connectivity index (χ3n) is 5.73. The maximum atomic E-state index is 5.85. The highest BCUT2D eigenvalue weighted by Gasteiger charge is 2.35. The molecule has 2 N–H and O–H groups in total. The van der Waals surface area contributed by atoms with E-state index in [1.165, 1.54) is 28.9 Å². The smallest absolute Gasteiger partial charge is 0.0719 e. The summed E-state index contributed by atoms with van der Waals surface area (Å²) in [4.78, 5) is 12.1. The summed E-state index contributed by atoms with van der Waals surface area (Å²) in [6, 6.07) is 8.91. The first kappa shape index (κ1) is 18.6. The Labute approximate surface area is 166 Å². The zero-order valence-electron chi connectivity index (χ0n) is 16.6. The van der Waals surface area contributed by atoms with Gasteiger partial charge in [0.25, 0.3) is 0 Å². The van der Waals surface area contributed by atoms with Crippen molar-refractivity contribution in [2.45, 2.75) is 51.7 Å². The van der Waals surface area contributed by atoms with Crippen molar-refractivity contribution in [2.75, 3.05) is 12.3 Å². The Morgan fingerprint density at radius 3 is 2.07 bits per heavy atom. The van der Waals surface area contributed by atoms with Crippen molar-refractivity contribution in [3.63, 3.8) is 0 Å². The molecule has 3 aromatic heterocycles. The molecule has 4 rings (SSSR count). The van der Waals surface area contributed by atoms with E-state index < -0.39 is 0 Å². The number of pyridine rings is 2. The highest BCUT2D eigenvalue weighted by atomic mass is 15.3. The van der Waals surface area contributed by atoms with Crippen LogP contribution in [0.25, 0.3) is 0 Å². The molecule has 0 saturated carbocycles. The lowest BCUT2D eigenvalue weighted by Crippen LogP contribution is -2.39. The third kappa shape index (κ3) is 3.78. The Hall–Kier alpha value is -2.73. The first-order valence-corrected chi connectivity index (χ1v) is 10.00. The molecule has 0 spiro atoms. The molecular formula is C22H28N6. The second-order valence-corrected chi connectivity index (χ2v) is 7.65.